The fourth-order valence-corrected chi connectivity index (χ4v) is 2.61. The summed E-state index contributed by atoms with van der Waals surface area (Å²) in [7, 11) is 0. The summed E-state index contributed by atoms with van der Waals surface area (Å²) in [4.78, 5) is 0. The molecule has 14 heavy (non-hydrogen) atoms. The quantitative estimate of drug-likeness (QED) is 0.732. The molecule has 1 rings (SSSR count). The second kappa shape index (κ2) is 5.16. The fourth-order valence-electron chi connectivity index (χ4n) is 2.61. The van der Waals surface area contributed by atoms with E-state index >= 15 is 0 Å². The number of hydrogen-bond acceptors (Lipinski definition) is 1. The zero-order chi connectivity index (χ0) is 10.6. The minimum absolute atomic E-state index is 0.377. The van der Waals surface area contributed by atoms with Crippen molar-refractivity contribution < 1.29 is 0 Å². The zero-order valence-electron chi connectivity index (χ0n) is 10.2. The van der Waals surface area contributed by atoms with Gasteiger partial charge in [-0.15, -0.1) is 0 Å². The van der Waals surface area contributed by atoms with Crippen LogP contribution in [0.2, 0.25) is 0 Å². The highest BCUT2D eigenvalue weighted by molar-refractivity contribution is 4.82. The van der Waals surface area contributed by atoms with Gasteiger partial charge in [0.2, 0.25) is 0 Å². The summed E-state index contributed by atoms with van der Waals surface area (Å²) in [5.41, 5.74) is 6.30. The number of rotatable bonds is 4. The summed E-state index contributed by atoms with van der Waals surface area (Å²) in [6.07, 6.45) is 8.59. The summed E-state index contributed by atoms with van der Waals surface area (Å²) < 4.78 is 0. The van der Waals surface area contributed by atoms with Gasteiger partial charge in [0.1, 0.15) is 0 Å². The molecule has 0 aromatic carbocycles. The van der Waals surface area contributed by atoms with Crippen molar-refractivity contribution >= 4 is 0 Å². The smallest absolute Gasteiger partial charge is 0.00206 e. The molecule has 84 valence electrons. The third-order valence-electron chi connectivity index (χ3n) is 4.34. The van der Waals surface area contributed by atoms with Gasteiger partial charge in [0, 0.05) is 0 Å². The molecule has 0 radical (unpaired) electrons. The molecule has 0 aliphatic heterocycles. The molecule has 0 saturated heterocycles. The van der Waals surface area contributed by atoms with Crippen molar-refractivity contribution in [2.75, 3.05) is 6.54 Å². The first-order valence-electron chi connectivity index (χ1n) is 6.28. The first kappa shape index (κ1) is 12.0. The maximum Gasteiger partial charge on any atom is -0.00206 e. The Balaban J connectivity index is 2.46. The van der Waals surface area contributed by atoms with Gasteiger partial charge in [-0.25, -0.2) is 0 Å². The van der Waals surface area contributed by atoms with Crippen molar-refractivity contribution in [1.29, 1.82) is 0 Å². The van der Waals surface area contributed by atoms with Crippen LogP contribution < -0.4 is 5.73 Å². The van der Waals surface area contributed by atoms with Gasteiger partial charge in [0.15, 0.2) is 0 Å². The molecule has 1 aliphatic carbocycles. The lowest BCUT2D eigenvalue weighted by Crippen LogP contribution is -2.35. The molecule has 1 nitrogen and oxygen atoms in total. The van der Waals surface area contributed by atoms with Gasteiger partial charge in [-0.3, -0.25) is 0 Å². The Morgan fingerprint density at radius 2 is 1.79 bits per heavy atom. The Bertz CT molecular complexity index is 159. The Morgan fingerprint density at radius 1 is 1.21 bits per heavy atom. The van der Waals surface area contributed by atoms with Crippen LogP contribution in [0.25, 0.3) is 0 Å². The first-order chi connectivity index (χ1) is 6.58. The highest BCUT2D eigenvalue weighted by Crippen LogP contribution is 2.38. The van der Waals surface area contributed by atoms with Gasteiger partial charge in [0.05, 0.1) is 0 Å². The predicted octanol–water partition coefficient (Wildman–Crippen LogP) is 3.58. The summed E-state index contributed by atoms with van der Waals surface area (Å²) in [5, 5.41) is 0. The average Bonchev–Trinajstić information content (AvgIpc) is 2.19. The molecule has 1 atom stereocenters. The van der Waals surface area contributed by atoms with Crippen LogP contribution in [-0.2, 0) is 0 Å². The van der Waals surface area contributed by atoms with Crippen LogP contribution in [0.4, 0.5) is 0 Å². The molecule has 0 spiro atoms. The van der Waals surface area contributed by atoms with E-state index in [4.69, 9.17) is 5.73 Å². The number of hydrogen-bond donors (Lipinski definition) is 1. The Hall–Kier alpha value is -0.0400. The van der Waals surface area contributed by atoms with E-state index in [1.807, 2.05) is 0 Å². The van der Waals surface area contributed by atoms with Crippen LogP contribution in [0.3, 0.4) is 0 Å². The van der Waals surface area contributed by atoms with E-state index in [1.165, 1.54) is 38.5 Å². The predicted molar refractivity (Wildman–Crippen MR) is 63.2 cm³/mol. The third kappa shape index (κ3) is 2.98. The zero-order valence-corrected chi connectivity index (χ0v) is 10.2. The second-order valence-electron chi connectivity index (χ2n) is 5.72. The van der Waals surface area contributed by atoms with E-state index < -0.39 is 0 Å². The normalized spacial score (nSPS) is 23.8. The van der Waals surface area contributed by atoms with Gasteiger partial charge in [0.25, 0.3) is 0 Å². The maximum absolute atomic E-state index is 5.93. The molecule has 2 N–H and O–H groups in total. The minimum atomic E-state index is 0.377. The largest absolute Gasteiger partial charge is 0.330 e. The molecule has 0 aromatic rings. The Labute approximate surface area is 89.5 Å². The molecular weight excluding hydrogens is 170 g/mol. The van der Waals surface area contributed by atoms with Gasteiger partial charge < -0.3 is 5.73 Å². The summed E-state index contributed by atoms with van der Waals surface area (Å²) in [6, 6.07) is 0. The van der Waals surface area contributed by atoms with Crippen molar-refractivity contribution in [3.63, 3.8) is 0 Å². The third-order valence-corrected chi connectivity index (χ3v) is 4.34. The fraction of sp³-hybridized carbons (Fsp3) is 1.00. The van der Waals surface area contributed by atoms with Crippen LogP contribution in [-0.4, -0.2) is 6.54 Å². The molecule has 0 bridgehead atoms. The van der Waals surface area contributed by atoms with Crippen molar-refractivity contribution in [2.24, 2.45) is 23.0 Å². The van der Waals surface area contributed by atoms with E-state index in [1.54, 1.807) is 0 Å². The van der Waals surface area contributed by atoms with Crippen molar-refractivity contribution in [2.45, 2.75) is 59.3 Å². The van der Waals surface area contributed by atoms with Crippen LogP contribution >= 0.6 is 0 Å². The van der Waals surface area contributed by atoms with Crippen molar-refractivity contribution in [1.82, 2.24) is 0 Å². The Kier molecular flexibility index (Phi) is 4.43. The first-order valence-corrected chi connectivity index (χ1v) is 6.28. The van der Waals surface area contributed by atoms with E-state index in [-0.39, 0.29) is 0 Å². The van der Waals surface area contributed by atoms with Crippen molar-refractivity contribution in [3.05, 3.63) is 0 Å². The highest BCUT2D eigenvalue weighted by Gasteiger charge is 2.30. The van der Waals surface area contributed by atoms with Crippen LogP contribution in [0.1, 0.15) is 59.3 Å². The molecule has 0 amide bonds. The van der Waals surface area contributed by atoms with E-state index in [2.05, 4.69) is 20.8 Å². The van der Waals surface area contributed by atoms with E-state index in [9.17, 15) is 0 Å². The van der Waals surface area contributed by atoms with Crippen LogP contribution in [0.15, 0.2) is 0 Å². The molecule has 1 aliphatic rings. The van der Waals surface area contributed by atoms with E-state index in [0.29, 0.717) is 5.41 Å². The molecule has 0 aromatic heterocycles. The van der Waals surface area contributed by atoms with Crippen molar-refractivity contribution in [3.8, 4) is 0 Å². The summed E-state index contributed by atoms with van der Waals surface area (Å²) >= 11 is 0. The number of nitrogens with two attached hydrogens (primary N) is 1. The summed E-state index contributed by atoms with van der Waals surface area (Å²) in [5.74, 6) is 1.68. The standard InChI is InChI=1S/C13H27N/c1-11(2)13(3,10-14)9-12-7-5-4-6-8-12/h11-12H,4-10,14H2,1-3H3. The van der Waals surface area contributed by atoms with Gasteiger partial charge in [-0.05, 0) is 30.2 Å². The lowest BCUT2D eigenvalue weighted by molar-refractivity contribution is 0.151. The van der Waals surface area contributed by atoms with Crippen LogP contribution in [0.5, 0.6) is 0 Å². The van der Waals surface area contributed by atoms with Gasteiger partial charge in [-0.1, -0.05) is 52.9 Å². The molecule has 1 saturated carbocycles. The lowest BCUT2D eigenvalue weighted by Gasteiger charge is -2.37. The average molecular weight is 197 g/mol. The van der Waals surface area contributed by atoms with Crippen LogP contribution in [0, 0.1) is 17.3 Å². The second-order valence-corrected chi connectivity index (χ2v) is 5.72. The summed E-state index contributed by atoms with van der Waals surface area (Å²) in [6.45, 7) is 7.85. The van der Waals surface area contributed by atoms with Gasteiger partial charge >= 0.3 is 0 Å². The molecule has 1 unspecified atom stereocenters. The molecule has 1 heteroatoms. The minimum Gasteiger partial charge on any atom is -0.330 e. The Morgan fingerprint density at radius 3 is 2.21 bits per heavy atom. The maximum atomic E-state index is 5.93. The monoisotopic (exact) mass is 197 g/mol. The van der Waals surface area contributed by atoms with E-state index in [0.717, 1.165) is 18.4 Å². The highest BCUT2D eigenvalue weighted by atomic mass is 14.6. The molecule has 1 fully saturated rings. The lowest BCUT2D eigenvalue weighted by atomic mass is 9.70. The molecular formula is C13H27N. The molecule has 0 heterocycles. The topological polar surface area (TPSA) is 26.0 Å². The van der Waals surface area contributed by atoms with Gasteiger partial charge in [-0.2, -0.15) is 0 Å². The SMILES string of the molecule is CC(C)C(C)(CN)CC1CCCCC1.